The number of hydrogen-bond acceptors (Lipinski definition) is 2. The summed E-state index contributed by atoms with van der Waals surface area (Å²) in [7, 11) is 0. The molecule has 0 bridgehead atoms. The predicted octanol–water partition coefficient (Wildman–Crippen LogP) is 2.02. The van der Waals surface area contributed by atoms with E-state index in [0.717, 1.165) is 5.56 Å². The molecule has 0 aromatic carbocycles. The summed E-state index contributed by atoms with van der Waals surface area (Å²) in [6, 6.07) is 3.93. The Morgan fingerprint density at radius 3 is 3.15 bits per heavy atom. The minimum atomic E-state index is 0.136. The van der Waals surface area contributed by atoms with Crippen molar-refractivity contribution >= 4 is 11.6 Å². The average molecular weight is 195 g/mol. The number of aromatic nitrogens is 1. The monoisotopic (exact) mass is 194 g/mol. The second-order valence-corrected chi connectivity index (χ2v) is 3.05. The molecule has 0 aliphatic rings. The van der Waals surface area contributed by atoms with Crippen LogP contribution in [0, 0.1) is 12.3 Å². The van der Waals surface area contributed by atoms with Crippen LogP contribution in [0.25, 0.3) is 0 Å². The largest absolute Gasteiger partial charge is 0.299 e. The standard InChI is InChI=1S/C10H11ClN2/c1-3-6-12-8(2)9-5-4-7-13-10(9)11/h1,4-5,7-8,12H,6H2,2H3. The van der Waals surface area contributed by atoms with Gasteiger partial charge < -0.3 is 0 Å². The average Bonchev–Trinajstić information content (AvgIpc) is 2.15. The van der Waals surface area contributed by atoms with E-state index in [1.165, 1.54) is 0 Å². The van der Waals surface area contributed by atoms with Crippen molar-refractivity contribution in [3.05, 3.63) is 29.0 Å². The molecule has 0 saturated heterocycles. The maximum absolute atomic E-state index is 5.90. The highest BCUT2D eigenvalue weighted by atomic mass is 35.5. The third kappa shape index (κ3) is 2.73. The first kappa shape index (κ1) is 10.0. The van der Waals surface area contributed by atoms with Gasteiger partial charge in [-0.15, -0.1) is 6.42 Å². The first-order valence-corrected chi connectivity index (χ1v) is 4.40. The van der Waals surface area contributed by atoms with Gasteiger partial charge in [0.15, 0.2) is 0 Å². The third-order valence-electron chi connectivity index (χ3n) is 1.76. The third-order valence-corrected chi connectivity index (χ3v) is 2.08. The highest BCUT2D eigenvalue weighted by Gasteiger charge is 2.07. The van der Waals surface area contributed by atoms with Crippen LogP contribution in [0.3, 0.4) is 0 Å². The van der Waals surface area contributed by atoms with E-state index in [1.54, 1.807) is 6.20 Å². The Bertz CT molecular complexity index is 317. The van der Waals surface area contributed by atoms with Crippen LogP contribution in [0.15, 0.2) is 18.3 Å². The minimum absolute atomic E-state index is 0.136. The molecule has 68 valence electrons. The molecule has 13 heavy (non-hydrogen) atoms. The highest BCUT2D eigenvalue weighted by Crippen LogP contribution is 2.19. The molecule has 2 nitrogen and oxygen atoms in total. The number of pyridine rings is 1. The number of rotatable bonds is 3. The van der Waals surface area contributed by atoms with Gasteiger partial charge in [-0.2, -0.15) is 0 Å². The summed E-state index contributed by atoms with van der Waals surface area (Å²) in [5.41, 5.74) is 0.972. The first-order chi connectivity index (χ1) is 6.25. The fourth-order valence-electron chi connectivity index (χ4n) is 1.04. The van der Waals surface area contributed by atoms with Crippen molar-refractivity contribution in [1.82, 2.24) is 10.3 Å². The van der Waals surface area contributed by atoms with Gasteiger partial charge in [0.1, 0.15) is 5.15 Å². The molecule has 0 amide bonds. The lowest BCUT2D eigenvalue weighted by Crippen LogP contribution is -2.19. The molecular formula is C10H11ClN2. The summed E-state index contributed by atoms with van der Waals surface area (Å²) < 4.78 is 0. The van der Waals surface area contributed by atoms with Crippen molar-refractivity contribution in [2.45, 2.75) is 13.0 Å². The number of nitrogens with one attached hydrogen (secondary N) is 1. The van der Waals surface area contributed by atoms with Gasteiger partial charge in [-0.1, -0.05) is 23.6 Å². The Morgan fingerprint density at radius 2 is 2.54 bits per heavy atom. The fourth-order valence-corrected chi connectivity index (χ4v) is 1.33. The van der Waals surface area contributed by atoms with E-state index in [9.17, 15) is 0 Å². The molecule has 1 atom stereocenters. The van der Waals surface area contributed by atoms with Gasteiger partial charge >= 0.3 is 0 Å². The Hall–Kier alpha value is -1.04. The zero-order chi connectivity index (χ0) is 9.68. The van der Waals surface area contributed by atoms with Crippen molar-refractivity contribution in [2.24, 2.45) is 0 Å². The van der Waals surface area contributed by atoms with Gasteiger partial charge in [-0.25, -0.2) is 4.98 Å². The smallest absolute Gasteiger partial charge is 0.133 e. The molecule has 0 radical (unpaired) electrons. The van der Waals surface area contributed by atoms with Gasteiger partial charge in [0.25, 0.3) is 0 Å². The van der Waals surface area contributed by atoms with Gasteiger partial charge in [0.2, 0.25) is 0 Å². The maximum atomic E-state index is 5.90. The normalized spacial score (nSPS) is 12.1. The molecule has 0 spiro atoms. The fraction of sp³-hybridized carbons (Fsp3) is 0.300. The van der Waals surface area contributed by atoms with Gasteiger partial charge in [0, 0.05) is 17.8 Å². The van der Waals surface area contributed by atoms with Crippen LogP contribution in [0.2, 0.25) is 5.15 Å². The SMILES string of the molecule is C#CCNC(C)c1cccnc1Cl. The van der Waals surface area contributed by atoms with Crippen molar-refractivity contribution in [3.63, 3.8) is 0 Å². The van der Waals surface area contributed by atoms with Crippen molar-refractivity contribution in [2.75, 3.05) is 6.54 Å². The second-order valence-electron chi connectivity index (χ2n) is 2.69. The number of halogens is 1. The van der Waals surface area contributed by atoms with Gasteiger partial charge in [-0.05, 0) is 13.0 Å². The molecule has 1 N–H and O–H groups in total. The number of hydrogen-bond donors (Lipinski definition) is 1. The van der Waals surface area contributed by atoms with Crippen LogP contribution < -0.4 is 5.32 Å². The Kier molecular flexibility index (Phi) is 3.75. The summed E-state index contributed by atoms with van der Waals surface area (Å²) in [5, 5.41) is 3.66. The maximum Gasteiger partial charge on any atom is 0.133 e. The molecule has 0 saturated carbocycles. The topological polar surface area (TPSA) is 24.9 Å². The minimum Gasteiger partial charge on any atom is -0.299 e. The number of nitrogens with zero attached hydrogens (tertiary/aromatic N) is 1. The van der Waals surface area contributed by atoms with Crippen LogP contribution in [-0.4, -0.2) is 11.5 Å². The Balaban J connectivity index is 2.72. The molecule has 0 aliphatic heterocycles. The molecule has 3 heteroatoms. The number of terminal acetylenes is 1. The van der Waals surface area contributed by atoms with Gasteiger partial charge in [-0.3, -0.25) is 5.32 Å². The molecule has 1 aromatic heterocycles. The zero-order valence-corrected chi connectivity index (χ0v) is 8.17. The summed E-state index contributed by atoms with van der Waals surface area (Å²) in [6.45, 7) is 2.53. The zero-order valence-electron chi connectivity index (χ0n) is 7.42. The first-order valence-electron chi connectivity index (χ1n) is 4.03. The molecule has 0 aliphatic carbocycles. The van der Waals surface area contributed by atoms with E-state index in [2.05, 4.69) is 16.2 Å². The summed E-state index contributed by atoms with van der Waals surface area (Å²) in [5.74, 6) is 2.51. The van der Waals surface area contributed by atoms with E-state index >= 15 is 0 Å². The van der Waals surface area contributed by atoms with E-state index in [-0.39, 0.29) is 6.04 Å². The molecule has 0 fully saturated rings. The lowest BCUT2D eigenvalue weighted by Gasteiger charge is -2.12. The van der Waals surface area contributed by atoms with E-state index in [1.807, 2.05) is 19.1 Å². The van der Waals surface area contributed by atoms with Crippen LogP contribution in [0.4, 0.5) is 0 Å². The molecule has 1 rings (SSSR count). The lowest BCUT2D eigenvalue weighted by atomic mass is 10.1. The van der Waals surface area contributed by atoms with E-state index in [4.69, 9.17) is 18.0 Å². The Labute approximate surface area is 83.3 Å². The van der Waals surface area contributed by atoms with Gasteiger partial charge in [0.05, 0.1) is 6.54 Å². The molecular weight excluding hydrogens is 184 g/mol. The van der Waals surface area contributed by atoms with E-state index in [0.29, 0.717) is 11.7 Å². The highest BCUT2D eigenvalue weighted by molar-refractivity contribution is 6.30. The predicted molar refractivity (Wildman–Crippen MR) is 54.5 cm³/mol. The summed E-state index contributed by atoms with van der Waals surface area (Å²) in [4.78, 5) is 3.98. The molecule has 1 unspecified atom stereocenters. The second kappa shape index (κ2) is 4.86. The van der Waals surface area contributed by atoms with Crippen molar-refractivity contribution < 1.29 is 0 Å². The van der Waals surface area contributed by atoms with Crippen LogP contribution in [0.1, 0.15) is 18.5 Å². The van der Waals surface area contributed by atoms with Crippen LogP contribution in [0.5, 0.6) is 0 Å². The summed E-state index contributed by atoms with van der Waals surface area (Å²) in [6.07, 6.45) is 6.80. The lowest BCUT2D eigenvalue weighted by molar-refractivity contribution is 0.621. The summed E-state index contributed by atoms with van der Waals surface area (Å²) >= 11 is 5.90. The van der Waals surface area contributed by atoms with E-state index < -0.39 is 0 Å². The molecule has 1 heterocycles. The Morgan fingerprint density at radius 1 is 1.77 bits per heavy atom. The van der Waals surface area contributed by atoms with Crippen molar-refractivity contribution in [1.29, 1.82) is 0 Å². The molecule has 1 aromatic rings. The van der Waals surface area contributed by atoms with Crippen LogP contribution in [-0.2, 0) is 0 Å². The quantitative estimate of drug-likeness (QED) is 0.588. The van der Waals surface area contributed by atoms with Crippen LogP contribution >= 0.6 is 11.6 Å². The van der Waals surface area contributed by atoms with Crippen molar-refractivity contribution in [3.8, 4) is 12.3 Å².